The minimum atomic E-state index is -0.519. The van der Waals surface area contributed by atoms with Gasteiger partial charge in [-0.1, -0.05) is 0 Å². The topological polar surface area (TPSA) is 118 Å². The number of hydrogen-bond acceptors (Lipinski definition) is 6. The van der Waals surface area contributed by atoms with Crippen LogP contribution in [0.5, 0.6) is 5.75 Å². The molecule has 0 unspecified atom stereocenters. The predicted octanol–water partition coefficient (Wildman–Crippen LogP) is 3.29. The zero-order chi connectivity index (χ0) is 19.3. The van der Waals surface area contributed by atoms with Crippen molar-refractivity contribution in [2.75, 3.05) is 7.11 Å². The minimum absolute atomic E-state index is 0.0877. The van der Waals surface area contributed by atoms with E-state index < -0.39 is 10.8 Å². The van der Waals surface area contributed by atoms with Gasteiger partial charge in [0.15, 0.2) is 0 Å². The fourth-order valence-electron chi connectivity index (χ4n) is 2.20. The Bertz CT molecular complexity index is 906. The van der Waals surface area contributed by atoms with Gasteiger partial charge in [-0.25, -0.2) is 0 Å². The maximum Gasteiger partial charge on any atom is 0.273 e. The second-order valence-corrected chi connectivity index (χ2v) is 5.64. The van der Waals surface area contributed by atoms with Crippen molar-refractivity contribution in [2.45, 2.75) is 19.9 Å². The minimum Gasteiger partial charge on any atom is -0.496 e. The number of non-ortho nitro benzene ring substituents is 1. The molecule has 0 fully saturated rings. The Kier molecular flexibility index (Phi) is 5.75. The first-order chi connectivity index (χ1) is 12.3. The fourth-order valence-corrected chi connectivity index (χ4v) is 2.20. The Morgan fingerprint density at radius 1 is 1.38 bits per heavy atom. The van der Waals surface area contributed by atoms with Crippen molar-refractivity contribution < 1.29 is 18.9 Å². The van der Waals surface area contributed by atoms with Crippen molar-refractivity contribution in [3.63, 3.8) is 0 Å². The summed E-state index contributed by atoms with van der Waals surface area (Å²) in [4.78, 5) is 22.3. The van der Waals surface area contributed by atoms with Crippen molar-refractivity contribution in [3.05, 3.63) is 51.8 Å². The first kappa shape index (κ1) is 18.7. The number of hydrogen-bond donors (Lipinski definition) is 1. The normalized spacial score (nSPS) is 11.1. The molecule has 26 heavy (non-hydrogen) atoms. The standard InChI is InChI=1S/C18H17N3O5/c1-11(2)20-18(22)12(10-19)8-14-5-7-16(26-14)15-6-4-13(21(23)24)9-17(15)25-3/h4-9,11H,1-3H3,(H,20,22)/b12-8+. The summed E-state index contributed by atoms with van der Waals surface area (Å²) in [6.45, 7) is 3.58. The third kappa shape index (κ3) is 4.27. The molecule has 0 saturated carbocycles. The molecule has 0 aliphatic heterocycles. The molecule has 0 saturated heterocycles. The van der Waals surface area contributed by atoms with Gasteiger partial charge in [-0.3, -0.25) is 14.9 Å². The number of benzene rings is 1. The molecule has 0 bridgehead atoms. The van der Waals surface area contributed by atoms with Gasteiger partial charge in [-0.2, -0.15) is 5.26 Å². The molecule has 8 nitrogen and oxygen atoms in total. The number of rotatable bonds is 6. The number of furan rings is 1. The predicted molar refractivity (Wildman–Crippen MR) is 94.2 cm³/mol. The van der Waals surface area contributed by atoms with E-state index in [1.165, 1.54) is 31.4 Å². The number of methoxy groups -OCH3 is 1. The third-order valence-corrected chi connectivity index (χ3v) is 3.36. The summed E-state index contributed by atoms with van der Waals surface area (Å²) in [6, 6.07) is 9.11. The SMILES string of the molecule is COc1cc([N+](=O)[O-])ccc1-c1ccc(/C=C(\C#N)C(=O)NC(C)C)o1. The number of nitrogens with zero attached hydrogens (tertiary/aromatic N) is 2. The Morgan fingerprint density at radius 2 is 2.12 bits per heavy atom. The first-order valence-electron chi connectivity index (χ1n) is 7.71. The van der Waals surface area contributed by atoms with Crippen LogP contribution in [0.15, 0.2) is 40.3 Å². The maximum atomic E-state index is 11.9. The molecule has 134 valence electrons. The van der Waals surface area contributed by atoms with Gasteiger partial charge in [0.1, 0.15) is 28.9 Å². The highest BCUT2D eigenvalue weighted by molar-refractivity contribution is 6.01. The zero-order valence-corrected chi connectivity index (χ0v) is 14.5. The summed E-state index contributed by atoms with van der Waals surface area (Å²) >= 11 is 0. The van der Waals surface area contributed by atoms with Crippen molar-refractivity contribution in [1.82, 2.24) is 5.32 Å². The van der Waals surface area contributed by atoms with Gasteiger partial charge in [0.25, 0.3) is 11.6 Å². The Hall–Kier alpha value is -3.60. The van der Waals surface area contributed by atoms with Crippen LogP contribution in [0.3, 0.4) is 0 Å². The zero-order valence-electron chi connectivity index (χ0n) is 14.5. The van der Waals surface area contributed by atoms with Crippen LogP contribution in [0.4, 0.5) is 5.69 Å². The number of nitro groups is 1. The lowest BCUT2D eigenvalue weighted by atomic mass is 10.1. The van der Waals surface area contributed by atoms with Crippen LogP contribution >= 0.6 is 0 Å². The van der Waals surface area contributed by atoms with Crippen LogP contribution < -0.4 is 10.1 Å². The van der Waals surface area contributed by atoms with Gasteiger partial charge in [0.05, 0.1) is 23.7 Å². The van der Waals surface area contributed by atoms with Crippen LogP contribution in [0.2, 0.25) is 0 Å². The van der Waals surface area contributed by atoms with E-state index in [1.807, 2.05) is 6.07 Å². The summed E-state index contributed by atoms with van der Waals surface area (Å²) in [5, 5.41) is 22.7. The number of ether oxygens (including phenoxy) is 1. The van der Waals surface area contributed by atoms with Crippen LogP contribution in [0, 0.1) is 21.4 Å². The van der Waals surface area contributed by atoms with Crippen molar-refractivity contribution in [2.24, 2.45) is 0 Å². The van der Waals surface area contributed by atoms with Crippen molar-refractivity contribution in [3.8, 4) is 23.1 Å². The molecule has 2 aromatic rings. The van der Waals surface area contributed by atoms with Gasteiger partial charge in [-0.15, -0.1) is 0 Å². The molecule has 1 amide bonds. The highest BCUT2D eigenvalue weighted by Gasteiger charge is 2.16. The van der Waals surface area contributed by atoms with Gasteiger partial charge in [0.2, 0.25) is 0 Å². The molecule has 1 aromatic carbocycles. The molecule has 0 aliphatic rings. The van der Waals surface area contributed by atoms with Crippen LogP contribution in [-0.2, 0) is 4.79 Å². The molecule has 1 N–H and O–H groups in total. The van der Waals surface area contributed by atoms with Crippen LogP contribution in [-0.4, -0.2) is 24.0 Å². The fraction of sp³-hybridized carbons (Fsp3) is 0.222. The maximum absolute atomic E-state index is 11.9. The molecule has 1 aromatic heterocycles. The lowest BCUT2D eigenvalue weighted by molar-refractivity contribution is -0.384. The Labute approximate surface area is 149 Å². The highest BCUT2D eigenvalue weighted by Crippen LogP contribution is 2.34. The number of carbonyl (C=O) groups excluding carboxylic acids is 1. The van der Waals surface area contributed by atoms with E-state index in [-0.39, 0.29) is 23.1 Å². The smallest absolute Gasteiger partial charge is 0.273 e. The molecule has 0 atom stereocenters. The van der Waals surface area contributed by atoms with E-state index >= 15 is 0 Å². The molecular weight excluding hydrogens is 338 g/mol. The summed E-state index contributed by atoms with van der Waals surface area (Å²) < 4.78 is 10.8. The molecule has 1 heterocycles. The van der Waals surface area contributed by atoms with Crippen molar-refractivity contribution in [1.29, 1.82) is 5.26 Å². The first-order valence-corrected chi connectivity index (χ1v) is 7.71. The highest BCUT2D eigenvalue weighted by atomic mass is 16.6. The quantitative estimate of drug-likeness (QED) is 0.367. The number of carbonyl (C=O) groups is 1. The molecular formula is C18H17N3O5. The average molecular weight is 355 g/mol. The van der Waals surface area contributed by atoms with E-state index in [1.54, 1.807) is 26.0 Å². The van der Waals surface area contributed by atoms with Gasteiger partial charge < -0.3 is 14.5 Å². The van der Waals surface area contributed by atoms with E-state index in [9.17, 15) is 14.9 Å². The molecule has 2 rings (SSSR count). The van der Waals surface area contributed by atoms with Gasteiger partial charge >= 0.3 is 0 Å². The van der Waals surface area contributed by atoms with E-state index in [2.05, 4.69) is 5.32 Å². The number of nitro benzene ring substituents is 1. The van der Waals surface area contributed by atoms with Crippen LogP contribution in [0.1, 0.15) is 19.6 Å². The summed E-state index contributed by atoms with van der Waals surface area (Å²) in [5.41, 5.74) is 0.326. The van der Waals surface area contributed by atoms with Crippen molar-refractivity contribution >= 4 is 17.7 Å². The summed E-state index contributed by atoms with van der Waals surface area (Å²) in [5.74, 6) is 0.482. The molecule has 0 aliphatic carbocycles. The van der Waals surface area contributed by atoms with Gasteiger partial charge in [0, 0.05) is 18.2 Å². The van der Waals surface area contributed by atoms with Crippen LogP contribution in [0.25, 0.3) is 17.4 Å². The summed E-state index contributed by atoms with van der Waals surface area (Å²) in [6.07, 6.45) is 1.33. The second kappa shape index (κ2) is 7.98. The second-order valence-electron chi connectivity index (χ2n) is 5.64. The van der Waals surface area contributed by atoms with E-state index in [4.69, 9.17) is 14.4 Å². The lowest BCUT2D eigenvalue weighted by Crippen LogP contribution is -2.30. The monoisotopic (exact) mass is 355 g/mol. The Morgan fingerprint density at radius 3 is 2.69 bits per heavy atom. The number of amides is 1. The molecule has 8 heteroatoms. The Balaban J connectivity index is 2.35. The lowest BCUT2D eigenvalue weighted by Gasteiger charge is -2.06. The van der Waals surface area contributed by atoms with Gasteiger partial charge in [-0.05, 0) is 32.0 Å². The van der Waals surface area contributed by atoms with E-state index in [0.717, 1.165) is 0 Å². The largest absolute Gasteiger partial charge is 0.496 e. The molecule has 0 spiro atoms. The number of nitrogens with one attached hydrogen (secondary N) is 1. The molecule has 0 radical (unpaired) electrons. The van der Waals surface area contributed by atoms with E-state index in [0.29, 0.717) is 17.1 Å². The number of nitriles is 1. The average Bonchev–Trinajstić information content (AvgIpc) is 3.06. The third-order valence-electron chi connectivity index (χ3n) is 3.36. The summed E-state index contributed by atoms with van der Waals surface area (Å²) in [7, 11) is 1.40.